The average molecular weight is 393 g/mol. The Labute approximate surface area is 146 Å². The average Bonchev–Trinajstić information content (AvgIpc) is 3.09. The minimum Gasteiger partial charge on any atom is -0.469 e. The zero-order chi connectivity index (χ0) is 19.4. The molecule has 8 nitrogen and oxygen atoms in total. The molecule has 0 unspecified atom stereocenters. The summed E-state index contributed by atoms with van der Waals surface area (Å²) in [7, 11) is -2.52. The molecular formula is C14H14F3N3O5S. The quantitative estimate of drug-likeness (QED) is 0.713. The van der Waals surface area contributed by atoms with Crippen molar-refractivity contribution in [3.63, 3.8) is 0 Å². The van der Waals surface area contributed by atoms with Crippen molar-refractivity contribution in [2.75, 3.05) is 12.9 Å². The van der Waals surface area contributed by atoms with Crippen LogP contribution in [-0.2, 0) is 32.3 Å². The molecule has 0 aliphatic carbocycles. The van der Waals surface area contributed by atoms with E-state index in [1.807, 2.05) is 0 Å². The molecule has 142 valence electrons. The van der Waals surface area contributed by atoms with Gasteiger partial charge in [-0.1, -0.05) is 29.4 Å². The highest BCUT2D eigenvalue weighted by molar-refractivity contribution is 7.89. The van der Waals surface area contributed by atoms with Crippen LogP contribution in [0.1, 0.15) is 17.9 Å². The Kier molecular flexibility index (Phi) is 5.97. The number of nitrogens with zero attached hydrogens (tertiary/aromatic N) is 2. The maximum atomic E-state index is 12.4. The molecule has 2 rings (SSSR count). The number of hydrogen-bond acceptors (Lipinski definition) is 7. The minimum absolute atomic E-state index is 0.0518. The third kappa shape index (κ3) is 5.52. The summed E-state index contributed by atoms with van der Waals surface area (Å²) in [6.45, 7) is -0.0518. The number of benzene rings is 1. The first kappa shape index (κ1) is 19.8. The van der Waals surface area contributed by atoms with E-state index in [0.717, 1.165) is 7.11 Å². The lowest BCUT2D eigenvalue weighted by Crippen LogP contribution is -2.27. The van der Waals surface area contributed by atoms with Crippen LogP contribution in [0.4, 0.5) is 13.2 Å². The summed E-state index contributed by atoms with van der Waals surface area (Å²) in [5, 5.41) is 3.26. The predicted octanol–water partition coefficient (Wildman–Crippen LogP) is 1.74. The third-order valence-electron chi connectivity index (χ3n) is 3.18. The van der Waals surface area contributed by atoms with Crippen molar-refractivity contribution in [2.45, 2.75) is 19.1 Å². The molecule has 0 aliphatic rings. The van der Waals surface area contributed by atoms with Gasteiger partial charge >= 0.3 is 18.0 Å². The van der Waals surface area contributed by atoms with Gasteiger partial charge in [-0.15, -0.1) is 0 Å². The second kappa shape index (κ2) is 7.83. The first-order chi connectivity index (χ1) is 12.1. The first-order valence-electron chi connectivity index (χ1n) is 7.15. The van der Waals surface area contributed by atoms with Gasteiger partial charge in [-0.2, -0.15) is 18.2 Å². The van der Waals surface area contributed by atoms with Gasteiger partial charge in [-0.25, -0.2) is 13.1 Å². The van der Waals surface area contributed by atoms with Gasteiger partial charge in [-0.3, -0.25) is 4.79 Å². The van der Waals surface area contributed by atoms with Crippen LogP contribution in [0.2, 0.25) is 0 Å². The highest BCUT2D eigenvalue weighted by Crippen LogP contribution is 2.29. The maximum absolute atomic E-state index is 12.4. The number of aromatic nitrogens is 2. The van der Waals surface area contributed by atoms with Crippen molar-refractivity contribution in [2.24, 2.45) is 0 Å². The Balaban J connectivity index is 1.97. The van der Waals surface area contributed by atoms with Crippen molar-refractivity contribution in [3.8, 4) is 11.4 Å². The molecule has 0 spiro atoms. The molecule has 12 heteroatoms. The van der Waals surface area contributed by atoms with Gasteiger partial charge in [0, 0.05) is 12.1 Å². The lowest BCUT2D eigenvalue weighted by Gasteiger charge is -2.06. The summed E-state index contributed by atoms with van der Waals surface area (Å²) >= 11 is 0. The van der Waals surface area contributed by atoms with Gasteiger partial charge < -0.3 is 9.26 Å². The summed E-state index contributed by atoms with van der Waals surface area (Å²) in [5.74, 6) is -2.74. The molecule has 1 N–H and O–H groups in total. The molecule has 0 aliphatic heterocycles. The predicted molar refractivity (Wildman–Crippen MR) is 82.0 cm³/mol. The van der Waals surface area contributed by atoms with Gasteiger partial charge in [0.2, 0.25) is 15.8 Å². The van der Waals surface area contributed by atoms with Crippen molar-refractivity contribution in [3.05, 3.63) is 35.7 Å². The Hall–Kier alpha value is -2.47. The van der Waals surface area contributed by atoms with E-state index >= 15 is 0 Å². The lowest BCUT2D eigenvalue weighted by molar-refractivity contribution is -0.159. The summed E-state index contributed by atoms with van der Waals surface area (Å²) in [4.78, 5) is 14.2. The molecule has 1 heterocycles. The van der Waals surface area contributed by atoms with Gasteiger partial charge in [0.15, 0.2) is 0 Å². The second-order valence-corrected chi connectivity index (χ2v) is 7.01. The van der Waals surface area contributed by atoms with Gasteiger partial charge in [0.1, 0.15) is 0 Å². The number of methoxy groups -OCH3 is 1. The molecule has 0 atom stereocenters. The number of alkyl halides is 3. The van der Waals surface area contributed by atoms with Crippen molar-refractivity contribution >= 4 is 16.0 Å². The monoisotopic (exact) mass is 393 g/mol. The van der Waals surface area contributed by atoms with Gasteiger partial charge in [-0.05, 0) is 5.56 Å². The zero-order valence-electron chi connectivity index (χ0n) is 13.4. The number of nitrogens with one attached hydrogen (secondary N) is 1. The van der Waals surface area contributed by atoms with Crippen LogP contribution in [0.25, 0.3) is 11.4 Å². The normalized spacial score (nSPS) is 12.2. The van der Waals surface area contributed by atoms with E-state index in [0.29, 0.717) is 5.56 Å². The third-order valence-corrected chi connectivity index (χ3v) is 4.51. The van der Waals surface area contributed by atoms with Crippen LogP contribution in [0.15, 0.2) is 28.8 Å². The largest absolute Gasteiger partial charge is 0.471 e. The Morgan fingerprint density at radius 2 is 1.92 bits per heavy atom. The van der Waals surface area contributed by atoms with Crippen LogP contribution in [0.5, 0.6) is 0 Å². The Bertz CT molecular complexity index is 863. The maximum Gasteiger partial charge on any atom is 0.471 e. The Morgan fingerprint density at radius 1 is 1.27 bits per heavy atom. The molecule has 0 saturated carbocycles. The van der Waals surface area contributed by atoms with Gasteiger partial charge in [0.05, 0.1) is 19.3 Å². The fraction of sp³-hybridized carbons (Fsp3) is 0.357. The Morgan fingerprint density at radius 3 is 2.46 bits per heavy atom. The highest BCUT2D eigenvalue weighted by Gasteiger charge is 2.38. The number of carbonyl (C=O) groups is 1. The number of ether oxygens (including phenoxy) is 1. The van der Waals surface area contributed by atoms with Crippen molar-refractivity contribution in [1.82, 2.24) is 14.9 Å². The lowest BCUT2D eigenvalue weighted by atomic mass is 10.1. The van der Waals surface area contributed by atoms with Crippen LogP contribution in [0.3, 0.4) is 0 Å². The molecule has 1 aromatic heterocycles. The van der Waals surface area contributed by atoms with E-state index in [-0.39, 0.29) is 24.4 Å². The smallest absolute Gasteiger partial charge is 0.469 e. The minimum atomic E-state index is -4.73. The molecule has 1 aromatic carbocycles. The summed E-state index contributed by atoms with van der Waals surface area (Å²) in [5.41, 5.74) is 0.830. The van der Waals surface area contributed by atoms with E-state index in [2.05, 4.69) is 24.1 Å². The van der Waals surface area contributed by atoms with E-state index < -0.39 is 33.8 Å². The zero-order valence-corrected chi connectivity index (χ0v) is 14.2. The molecule has 0 amide bonds. The van der Waals surface area contributed by atoms with Crippen LogP contribution >= 0.6 is 0 Å². The van der Waals surface area contributed by atoms with E-state index in [4.69, 9.17) is 0 Å². The molecule has 0 fully saturated rings. The van der Waals surface area contributed by atoms with Crippen LogP contribution in [0, 0.1) is 0 Å². The van der Waals surface area contributed by atoms with E-state index in [1.165, 1.54) is 24.3 Å². The summed E-state index contributed by atoms with van der Waals surface area (Å²) < 4.78 is 71.6. The molecule has 2 aromatic rings. The fourth-order valence-corrected chi connectivity index (χ4v) is 2.78. The van der Waals surface area contributed by atoms with E-state index in [1.54, 1.807) is 0 Å². The summed E-state index contributed by atoms with van der Waals surface area (Å²) in [6, 6.07) is 5.87. The standard InChI is InChI=1S/C14H14F3N3O5S/c1-24-11(21)6-7-26(22,23)18-8-9-2-4-10(5-3-9)12-19-13(25-20-12)14(15,16)17/h2-5,18H,6-8H2,1H3. The molecule has 0 bridgehead atoms. The van der Waals surface area contributed by atoms with Crippen LogP contribution in [-0.4, -0.2) is 37.4 Å². The highest BCUT2D eigenvalue weighted by atomic mass is 32.2. The number of halogens is 3. The van der Waals surface area contributed by atoms with Crippen molar-refractivity contribution < 1.29 is 35.6 Å². The molecular weight excluding hydrogens is 379 g/mol. The number of rotatable bonds is 7. The SMILES string of the molecule is COC(=O)CCS(=O)(=O)NCc1ccc(-c2noc(C(F)(F)F)n2)cc1. The number of carbonyl (C=O) groups excluding carboxylic acids is 1. The van der Waals surface area contributed by atoms with E-state index in [9.17, 15) is 26.4 Å². The molecule has 0 radical (unpaired) electrons. The number of hydrogen-bond donors (Lipinski definition) is 1. The van der Waals surface area contributed by atoms with Crippen molar-refractivity contribution in [1.29, 1.82) is 0 Å². The van der Waals surface area contributed by atoms with Crippen LogP contribution < -0.4 is 4.72 Å². The molecule has 26 heavy (non-hydrogen) atoms. The topological polar surface area (TPSA) is 111 Å². The number of sulfonamides is 1. The second-order valence-electron chi connectivity index (χ2n) is 5.08. The first-order valence-corrected chi connectivity index (χ1v) is 8.80. The summed E-state index contributed by atoms with van der Waals surface area (Å²) in [6.07, 6.45) is -5.00. The molecule has 0 saturated heterocycles. The number of esters is 1. The fourth-order valence-electron chi connectivity index (χ4n) is 1.81. The van der Waals surface area contributed by atoms with Gasteiger partial charge in [0.25, 0.3) is 0 Å².